The van der Waals surface area contributed by atoms with E-state index in [0.717, 1.165) is 28.7 Å². The number of guanidine groups is 1. The minimum atomic E-state index is -0.0899. The van der Waals surface area contributed by atoms with Crippen LogP contribution in [0.2, 0.25) is 5.02 Å². The lowest BCUT2D eigenvalue weighted by Gasteiger charge is -2.22. The van der Waals surface area contributed by atoms with Crippen LogP contribution in [-0.2, 0) is 13.1 Å². The molecule has 0 aromatic heterocycles. The van der Waals surface area contributed by atoms with Crippen LogP contribution < -0.4 is 10.6 Å². The molecule has 0 bridgehead atoms. The molecule has 2 N–H and O–H groups in total. The van der Waals surface area contributed by atoms with E-state index < -0.39 is 0 Å². The summed E-state index contributed by atoms with van der Waals surface area (Å²) in [6, 6.07) is 15.3. The molecule has 0 spiro atoms. The number of carbonyl (C=O) groups excluding carboxylic acids is 1. The normalized spacial score (nSPS) is 11.2. The molecule has 0 unspecified atom stereocenters. The van der Waals surface area contributed by atoms with E-state index in [9.17, 15) is 4.79 Å². The minimum absolute atomic E-state index is 0.0899. The fourth-order valence-corrected chi connectivity index (χ4v) is 2.69. The molecular weight excluding hydrogens is 348 g/mol. The first-order valence-electron chi connectivity index (χ1n) is 8.59. The number of halogens is 1. The van der Waals surface area contributed by atoms with Crippen molar-refractivity contribution in [1.82, 2.24) is 15.5 Å². The summed E-state index contributed by atoms with van der Waals surface area (Å²) in [6.07, 6.45) is 0. The summed E-state index contributed by atoms with van der Waals surface area (Å²) in [4.78, 5) is 18.3. The zero-order valence-corrected chi connectivity index (χ0v) is 16.2. The van der Waals surface area contributed by atoms with Crippen molar-refractivity contribution in [2.45, 2.75) is 20.0 Å². The van der Waals surface area contributed by atoms with Gasteiger partial charge in [-0.2, -0.15) is 0 Å². The van der Waals surface area contributed by atoms with E-state index >= 15 is 0 Å². The minimum Gasteiger partial charge on any atom is -0.357 e. The molecule has 2 aromatic carbocycles. The van der Waals surface area contributed by atoms with Gasteiger partial charge < -0.3 is 15.5 Å². The molecule has 5 nitrogen and oxygen atoms in total. The number of rotatable bonds is 6. The lowest BCUT2D eigenvalue weighted by atomic mass is 10.1. The van der Waals surface area contributed by atoms with Gasteiger partial charge >= 0.3 is 0 Å². The molecule has 0 aliphatic carbocycles. The summed E-state index contributed by atoms with van der Waals surface area (Å²) in [6.45, 7) is 4.02. The van der Waals surface area contributed by atoms with Gasteiger partial charge in [0.25, 0.3) is 5.91 Å². The van der Waals surface area contributed by atoms with Crippen LogP contribution >= 0.6 is 11.6 Å². The summed E-state index contributed by atoms with van der Waals surface area (Å²) in [5.41, 5.74) is 2.74. The quantitative estimate of drug-likeness (QED) is 0.604. The maximum Gasteiger partial charge on any atom is 0.251 e. The van der Waals surface area contributed by atoms with Gasteiger partial charge in [0, 0.05) is 37.8 Å². The third-order valence-electron chi connectivity index (χ3n) is 3.92. The van der Waals surface area contributed by atoms with Crippen LogP contribution in [0, 0.1) is 0 Å². The van der Waals surface area contributed by atoms with E-state index in [1.165, 1.54) is 0 Å². The third-order valence-corrected chi connectivity index (χ3v) is 4.29. The van der Waals surface area contributed by atoms with Gasteiger partial charge in [-0.15, -0.1) is 0 Å². The van der Waals surface area contributed by atoms with E-state index in [2.05, 4.69) is 10.6 Å². The zero-order chi connectivity index (χ0) is 18.9. The maximum atomic E-state index is 11.6. The summed E-state index contributed by atoms with van der Waals surface area (Å²) < 4.78 is 0. The first-order valence-corrected chi connectivity index (χ1v) is 8.96. The van der Waals surface area contributed by atoms with Gasteiger partial charge in [-0.1, -0.05) is 41.9 Å². The Morgan fingerprint density at radius 2 is 1.85 bits per heavy atom. The zero-order valence-electron chi connectivity index (χ0n) is 15.4. The number of carbonyl (C=O) groups is 1. The Morgan fingerprint density at radius 1 is 1.15 bits per heavy atom. The van der Waals surface area contributed by atoms with Crippen LogP contribution in [0.15, 0.2) is 53.5 Å². The monoisotopic (exact) mass is 372 g/mol. The molecule has 26 heavy (non-hydrogen) atoms. The molecule has 0 radical (unpaired) electrons. The molecule has 1 amide bonds. The predicted octanol–water partition coefficient (Wildman–Crippen LogP) is 3.30. The lowest BCUT2D eigenvalue weighted by Crippen LogP contribution is -2.38. The predicted molar refractivity (Wildman–Crippen MR) is 108 cm³/mol. The van der Waals surface area contributed by atoms with Crippen molar-refractivity contribution >= 4 is 23.5 Å². The van der Waals surface area contributed by atoms with Crippen molar-refractivity contribution in [2.75, 3.05) is 20.6 Å². The van der Waals surface area contributed by atoms with E-state index in [0.29, 0.717) is 18.7 Å². The van der Waals surface area contributed by atoms with Crippen molar-refractivity contribution in [2.24, 2.45) is 4.99 Å². The molecule has 6 heteroatoms. The highest BCUT2D eigenvalue weighted by Crippen LogP contribution is 2.16. The third kappa shape index (κ3) is 5.49. The highest BCUT2D eigenvalue weighted by molar-refractivity contribution is 6.31. The Hall–Kier alpha value is -2.53. The Morgan fingerprint density at radius 3 is 2.46 bits per heavy atom. The Labute approximate surface area is 160 Å². The number of amides is 1. The second kappa shape index (κ2) is 9.82. The van der Waals surface area contributed by atoms with Gasteiger partial charge in [0.1, 0.15) is 0 Å². The average molecular weight is 373 g/mol. The standard InChI is InChI=1S/C20H25ClN4O/c1-4-23-20(25(3)14-17-7-5-6-8-18(17)21)24-13-15-9-11-16(12-10-15)19(26)22-2/h5-12H,4,13-14H2,1-3H3,(H,22,26)(H,23,24). The molecule has 0 saturated heterocycles. The van der Waals surface area contributed by atoms with Crippen molar-refractivity contribution in [1.29, 1.82) is 0 Å². The van der Waals surface area contributed by atoms with Gasteiger partial charge in [-0.05, 0) is 36.2 Å². The number of nitrogens with zero attached hydrogens (tertiary/aromatic N) is 2. The number of nitrogens with one attached hydrogen (secondary N) is 2. The second-order valence-corrected chi connectivity index (χ2v) is 6.30. The number of hydrogen-bond acceptors (Lipinski definition) is 2. The van der Waals surface area contributed by atoms with Crippen molar-refractivity contribution in [3.63, 3.8) is 0 Å². The van der Waals surface area contributed by atoms with Crippen molar-refractivity contribution in [3.05, 3.63) is 70.2 Å². The molecule has 138 valence electrons. The summed E-state index contributed by atoms with van der Waals surface area (Å²) in [7, 11) is 3.61. The topological polar surface area (TPSA) is 56.7 Å². The van der Waals surface area contributed by atoms with Gasteiger partial charge in [0.15, 0.2) is 5.96 Å². The van der Waals surface area contributed by atoms with Crippen LogP contribution in [0.5, 0.6) is 0 Å². The number of hydrogen-bond donors (Lipinski definition) is 2. The van der Waals surface area contributed by atoms with Gasteiger partial charge in [-0.3, -0.25) is 4.79 Å². The van der Waals surface area contributed by atoms with Gasteiger partial charge in [0.2, 0.25) is 0 Å². The van der Waals surface area contributed by atoms with Crippen LogP contribution in [-0.4, -0.2) is 37.4 Å². The van der Waals surface area contributed by atoms with Crippen LogP contribution in [0.25, 0.3) is 0 Å². The summed E-state index contributed by atoms with van der Waals surface area (Å²) in [5.74, 6) is 0.718. The SMILES string of the molecule is CCNC(=NCc1ccc(C(=O)NC)cc1)N(C)Cc1ccccc1Cl. The fourth-order valence-electron chi connectivity index (χ4n) is 2.50. The molecule has 2 rings (SSSR count). The van der Waals surface area contributed by atoms with E-state index in [4.69, 9.17) is 16.6 Å². The molecule has 0 aliphatic rings. The largest absolute Gasteiger partial charge is 0.357 e. The highest BCUT2D eigenvalue weighted by Gasteiger charge is 2.09. The van der Waals surface area contributed by atoms with Crippen molar-refractivity contribution < 1.29 is 4.79 Å². The van der Waals surface area contributed by atoms with Gasteiger partial charge in [0.05, 0.1) is 6.54 Å². The summed E-state index contributed by atoms with van der Waals surface area (Å²) >= 11 is 6.26. The first-order chi connectivity index (χ1) is 12.5. The second-order valence-electron chi connectivity index (χ2n) is 5.89. The molecule has 0 heterocycles. The Bertz CT molecular complexity index is 759. The summed E-state index contributed by atoms with van der Waals surface area (Å²) in [5, 5.41) is 6.67. The Balaban J connectivity index is 2.08. The molecule has 0 atom stereocenters. The van der Waals surface area contributed by atoms with E-state index in [1.54, 1.807) is 7.05 Å². The Kier molecular flexibility index (Phi) is 7.48. The highest BCUT2D eigenvalue weighted by atomic mass is 35.5. The average Bonchev–Trinajstić information content (AvgIpc) is 2.66. The smallest absolute Gasteiger partial charge is 0.251 e. The van der Waals surface area contributed by atoms with E-state index in [-0.39, 0.29) is 5.91 Å². The molecule has 0 aliphatic heterocycles. The lowest BCUT2D eigenvalue weighted by molar-refractivity contribution is 0.0963. The number of aliphatic imine (C=N–C) groups is 1. The molecule has 0 fully saturated rings. The molecule has 0 saturated carbocycles. The molecule has 2 aromatic rings. The fraction of sp³-hybridized carbons (Fsp3) is 0.300. The number of benzene rings is 2. The van der Waals surface area contributed by atoms with E-state index in [1.807, 2.05) is 67.4 Å². The van der Waals surface area contributed by atoms with Crippen LogP contribution in [0.1, 0.15) is 28.4 Å². The van der Waals surface area contributed by atoms with Crippen LogP contribution in [0.3, 0.4) is 0 Å². The first kappa shape index (κ1) is 19.8. The maximum absolute atomic E-state index is 11.6. The van der Waals surface area contributed by atoms with Gasteiger partial charge in [-0.25, -0.2) is 4.99 Å². The van der Waals surface area contributed by atoms with Crippen LogP contribution in [0.4, 0.5) is 0 Å². The molecular formula is C20H25ClN4O. The van der Waals surface area contributed by atoms with Crippen molar-refractivity contribution in [3.8, 4) is 0 Å².